The van der Waals surface area contributed by atoms with Crippen LogP contribution in [0.2, 0.25) is 0 Å². The number of aromatic nitrogens is 1. The Morgan fingerprint density at radius 1 is 1.27 bits per heavy atom. The van der Waals surface area contributed by atoms with Gasteiger partial charge in [-0.1, -0.05) is 19.3 Å². The van der Waals surface area contributed by atoms with Gasteiger partial charge in [0.1, 0.15) is 5.82 Å². The molecule has 0 spiro atoms. The highest BCUT2D eigenvalue weighted by molar-refractivity contribution is 5.84. The van der Waals surface area contributed by atoms with E-state index >= 15 is 0 Å². The highest BCUT2D eigenvalue weighted by Crippen LogP contribution is 2.26. The van der Waals surface area contributed by atoms with Crippen molar-refractivity contribution in [2.24, 2.45) is 10.9 Å². The van der Waals surface area contributed by atoms with Crippen molar-refractivity contribution in [1.82, 2.24) is 20.5 Å². The molecule has 1 aromatic heterocycles. The molecule has 162 valence electrons. The maximum Gasteiger partial charge on any atom is 0.225 e. The third kappa shape index (κ3) is 4.77. The SMILES string of the molecule is CN=C(NCCc1c[nH]c2ccc(F)cc12)NC1CCN(C(=O)C2CCCCC2)C1. The molecule has 2 aliphatic rings. The van der Waals surface area contributed by atoms with Gasteiger partial charge >= 0.3 is 0 Å². The van der Waals surface area contributed by atoms with Crippen LogP contribution in [0.3, 0.4) is 0 Å². The van der Waals surface area contributed by atoms with Crippen LogP contribution in [0.1, 0.15) is 44.1 Å². The lowest BCUT2D eigenvalue weighted by molar-refractivity contribution is -0.135. The van der Waals surface area contributed by atoms with Crippen LogP contribution in [0.15, 0.2) is 29.4 Å². The lowest BCUT2D eigenvalue weighted by Gasteiger charge is -2.26. The number of aromatic amines is 1. The Bertz CT molecular complexity index is 902. The molecule has 1 aliphatic heterocycles. The van der Waals surface area contributed by atoms with Crippen molar-refractivity contribution < 1.29 is 9.18 Å². The van der Waals surface area contributed by atoms with Crippen molar-refractivity contribution in [2.45, 2.75) is 51.0 Å². The summed E-state index contributed by atoms with van der Waals surface area (Å²) in [5.74, 6) is 1.10. The first-order valence-corrected chi connectivity index (χ1v) is 11.2. The highest BCUT2D eigenvalue weighted by Gasteiger charge is 2.31. The number of amides is 1. The van der Waals surface area contributed by atoms with E-state index in [-0.39, 0.29) is 17.8 Å². The number of rotatable bonds is 5. The van der Waals surface area contributed by atoms with Crippen molar-refractivity contribution >= 4 is 22.8 Å². The Kier molecular flexibility index (Phi) is 6.55. The van der Waals surface area contributed by atoms with E-state index in [4.69, 9.17) is 0 Å². The van der Waals surface area contributed by atoms with E-state index in [0.717, 1.165) is 61.2 Å². The van der Waals surface area contributed by atoms with E-state index in [1.807, 2.05) is 11.1 Å². The summed E-state index contributed by atoms with van der Waals surface area (Å²) >= 11 is 0. The zero-order valence-corrected chi connectivity index (χ0v) is 17.7. The van der Waals surface area contributed by atoms with Crippen LogP contribution in [-0.4, -0.2) is 54.5 Å². The van der Waals surface area contributed by atoms with Crippen LogP contribution in [0.4, 0.5) is 4.39 Å². The predicted octanol–water partition coefficient (Wildman–Crippen LogP) is 3.20. The monoisotopic (exact) mass is 413 g/mol. The second-order valence-electron chi connectivity index (χ2n) is 8.50. The fourth-order valence-corrected chi connectivity index (χ4v) is 4.75. The van der Waals surface area contributed by atoms with Crippen LogP contribution < -0.4 is 10.6 Å². The summed E-state index contributed by atoms with van der Waals surface area (Å²) in [4.78, 5) is 22.3. The molecule has 1 saturated carbocycles. The minimum absolute atomic E-state index is 0.220. The zero-order chi connectivity index (χ0) is 20.9. The number of carbonyl (C=O) groups excluding carboxylic acids is 1. The Hall–Kier alpha value is -2.57. The van der Waals surface area contributed by atoms with Crippen LogP contribution in [-0.2, 0) is 11.2 Å². The Morgan fingerprint density at radius 2 is 2.10 bits per heavy atom. The maximum atomic E-state index is 13.5. The molecular weight excluding hydrogens is 381 g/mol. The normalized spacial score (nSPS) is 20.7. The number of hydrogen-bond acceptors (Lipinski definition) is 2. The molecule has 1 amide bonds. The second-order valence-corrected chi connectivity index (χ2v) is 8.50. The molecular formula is C23H32FN5O. The van der Waals surface area contributed by atoms with Gasteiger partial charge in [0, 0.05) is 55.7 Å². The number of nitrogens with zero attached hydrogens (tertiary/aromatic N) is 2. The minimum atomic E-state index is -0.220. The maximum absolute atomic E-state index is 13.5. The van der Waals surface area contributed by atoms with Crippen LogP contribution >= 0.6 is 0 Å². The van der Waals surface area contributed by atoms with E-state index in [1.54, 1.807) is 19.2 Å². The second kappa shape index (κ2) is 9.49. The summed E-state index contributed by atoms with van der Waals surface area (Å²) < 4.78 is 13.5. The van der Waals surface area contributed by atoms with Gasteiger partial charge in [0.05, 0.1) is 0 Å². The molecule has 2 heterocycles. The van der Waals surface area contributed by atoms with E-state index in [2.05, 4.69) is 20.6 Å². The van der Waals surface area contributed by atoms with E-state index < -0.39 is 0 Å². The van der Waals surface area contributed by atoms with Gasteiger partial charge in [-0.25, -0.2) is 4.39 Å². The molecule has 6 nitrogen and oxygen atoms in total. The number of hydrogen-bond donors (Lipinski definition) is 3. The van der Waals surface area contributed by atoms with E-state index in [0.29, 0.717) is 12.5 Å². The standard InChI is InChI=1S/C23H32FN5O/c1-25-23(26-11-9-17-14-27-21-8-7-18(24)13-20(17)21)28-19-10-12-29(15-19)22(30)16-5-3-2-4-6-16/h7-8,13-14,16,19,27H,2-6,9-12,15H2,1H3,(H2,25,26,28). The van der Waals surface area contributed by atoms with Gasteiger partial charge in [-0.2, -0.15) is 0 Å². The number of likely N-dealkylation sites (tertiary alicyclic amines) is 1. The fourth-order valence-electron chi connectivity index (χ4n) is 4.75. The zero-order valence-electron chi connectivity index (χ0n) is 17.7. The first-order valence-electron chi connectivity index (χ1n) is 11.2. The van der Waals surface area contributed by atoms with Gasteiger partial charge in [0.25, 0.3) is 0 Å². The Labute approximate surface area is 177 Å². The number of halogens is 1. The summed E-state index contributed by atoms with van der Waals surface area (Å²) in [5, 5.41) is 7.73. The molecule has 30 heavy (non-hydrogen) atoms. The number of guanidine groups is 1. The average Bonchev–Trinajstić information content (AvgIpc) is 3.40. The molecule has 0 radical (unpaired) electrons. The quantitative estimate of drug-likeness (QED) is 0.521. The Morgan fingerprint density at radius 3 is 2.90 bits per heavy atom. The molecule has 2 fully saturated rings. The Balaban J connectivity index is 1.25. The van der Waals surface area contributed by atoms with Gasteiger partial charge in [0.2, 0.25) is 5.91 Å². The lowest BCUT2D eigenvalue weighted by Crippen LogP contribution is -2.46. The molecule has 1 atom stereocenters. The number of aliphatic imine (C=N–C) groups is 1. The molecule has 1 unspecified atom stereocenters. The number of benzene rings is 1. The number of carbonyl (C=O) groups is 1. The molecule has 7 heteroatoms. The van der Waals surface area contributed by atoms with E-state index in [9.17, 15) is 9.18 Å². The smallest absolute Gasteiger partial charge is 0.225 e. The predicted molar refractivity (Wildman–Crippen MR) is 118 cm³/mol. The fraction of sp³-hybridized carbons (Fsp3) is 0.565. The van der Waals surface area contributed by atoms with Gasteiger partial charge in [-0.05, 0) is 49.4 Å². The van der Waals surface area contributed by atoms with E-state index in [1.165, 1.54) is 25.3 Å². The van der Waals surface area contributed by atoms with Crippen molar-refractivity contribution in [3.8, 4) is 0 Å². The summed E-state index contributed by atoms with van der Waals surface area (Å²) in [5.41, 5.74) is 2.03. The number of fused-ring (bicyclic) bond motifs is 1. The third-order valence-electron chi connectivity index (χ3n) is 6.44. The number of nitrogens with one attached hydrogen (secondary N) is 3. The average molecular weight is 414 g/mol. The number of H-pyrrole nitrogens is 1. The topological polar surface area (TPSA) is 72.5 Å². The minimum Gasteiger partial charge on any atom is -0.361 e. The molecule has 2 aromatic rings. The molecule has 1 aromatic carbocycles. The lowest BCUT2D eigenvalue weighted by atomic mass is 9.88. The van der Waals surface area contributed by atoms with Crippen LogP contribution in [0.25, 0.3) is 10.9 Å². The van der Waals surface area contributed by atoms with Gasteiger partial charge in [-0.3, -0.25) is 9.79 Å². The first-order chi connectivity index (χ1) is 14.6. The molecule has 1 saturated heterocycles. The largest absolute Gasteiger partial charge is 0.361 e. The first kappa shape index (κ1) is 20.7. The van der Waals surface area contributed by atoms with Crippen molar-refractivity contribution in [3.63, 3.8) is 0 Å². The molecule has 3 N–H and O–H groups in total. The summed E-state index contributed by atoms with van der Waals surface area (Å²) in [6.45, 7) is 2.27. The summed E-state index contributed by atoms with van der Waals surface area (Å²) in [7, 11) is 1.76. The summed E-state index contributed by atoms with van der Waals surface area (Å²) in [6.07, 6.45) is 9.39. The van der Waals surface area contributed by atoms with Gasteiger partial charge < -0.3 is 20.5 Å². The van der Waals surface area contributed by atoms with Gasteiger partial charge in [0.15, 0.2) is 5.96 Å². The van der Waals surface area contributed by atoms with Crippen LogP contribution in [0.5, 0.6) is 0 Å². The van der Waals surface area contributed by atoms with Gasteiger partial charge in [-0.15, -0.1) is 0 Å². The summed E-state index contributed by atoms with van der Waals surface area (Å²) in [6, 6.07) is 5.04. The van der Waals surface area contributed by atoms with Crippen molar-refractivity contribution in [3.05, 3.63) is 35.8 Å². The highest BCUT2D eigenvalue weighted by atomic mass is 19.1. The third-order valence-corrected chi connectivity index (χ3v) is 6.44. The molecule has 1 aliphatic carbocycles. The van der Waals surface area contributed by atoms with Crippen LogP contribution in [0, 0.1) is 11.7 Å². The molecule has 0 bridgehead atoms. The van der Waals surface area contributed by atoms with Crippen molar-refractivity contribution in [1.29, 1.82) is 0 Å². The molecule has 4 rings (SSSR count). The van der Waals surface area contributed by atoms with Crippen molar-refractivity contribution in [2.75, 3.05) is 26.7 Å².